The van der Waals surface area contributed by atoms with E-state index in [1.807, 2.05) is 42.5 Å². The van der Waals surface area contributed by atoms with Gasteiger partial charge < -0.3 is 37.8 Å². The summed E-state index contributed by atoms with van der Waals surface area (Å²) in [4.78, 5) is 38.3. The van der Waals surface area contributed by atoms with Crippen LogP contribution in [0, 0.1) is 0 Å². The van der Waals surface area contributed by atoms with Crippen LogP contribution in [0.4, 0.5) is 31.1 Å². The number of carboxylic acid groups (broad SMARTS) is 1. The Balaban J connectivity index is 0.000000228. The van der Waals surface area contributed by atoms with Crippen molar-refractivity contribution in [2.45, 2.75) is 62.3 Å². The van der Waals surface area contributed by atoms with Crippen LogP contribution in [-0.2, 0) is 33.1 Å². The van der Waals surface area contributed by atoms with Gasteiger partial charge in [-0.15, -0.1) is 0 Å². The first-order valence-corrected chi connectivity index (χ1v) is 23.2. The van der Waals surface area contributed by atoms with E-state index < -0.39 is 53.4 Å². The summed E-state index contributed by atoms with van der Waals surface area (Å²) in [7, 11) is 0. The van der Waals surface area contributed by atoms with Crippen LogP contribution in [0.2, 0.25) is 0 Å². The van der Waals surface area contributed by atoms with Crippen molar-refractivity contribution < 1.29 is 78.6 Å². The molecule has 1 N–H and O–H groups in total. The minimum absolute atomic E-state index is 0.0194. The zero-order valence-electron chi connectivity index (χ0n) is 39.4. The number of benzene rings is 5. The standard InChI is InChI=1S/C32H29F3N2O6.C22H20F3NO5/c33-32(34,35)24-9-13-27(14-10-24)41-17-4-16-40-26-11-7-23(8-12-26)28(29-15-18-43-36-29)20-30(38)37-25(21-42-31(37)39)19-22-5-2-1-3-6-22;23-22(24,25)16-4-8-18(9-5-16)30-12-1-11-29-17-6-2-15(3-7-17)19(14-21(27)28)20-10-13-31-26-20/h1-3,5-15,18,25,28H,4,16-17,19-21H2;2-10,13,19H,1,11-12,14H2,(H,27,28)/t25-,28-;19-/m00/s1. The van der Waals surface area contributed by atoms with Gasteiger partial charge in [0.25, 0.3) is 0 Å². The number of hydrogen-bond donors (Lipinski definition) is 1. The quantitative estimate of drug-likeness (QED) is 0.0502. The zero-order valence-corrected chi connectivity index (χ0v) is 39.4. The van der Waals surface area contributed by atoms with Crippen LogP contribution in [0.15, 0.2) is 161 Å². The number of ether oxygens (including phenoxy) is 5. The number of carbonyl (C=O) groups excluding carboxylic acids is 2. The summed E-state index contributed by atoms with van der Waals surface area (Å²) in [6.45, 7) is 1.36. The van der Waals surface area contributed by atoms with Gasteiger partial charge in [-0.1, -0.05) is 64.9 Å². The van der Waals surface area contributed by atoms with Gasteiger partial charge in [0.15, 0.2) is 0 Å². The van der Waals surface area contributed by atoms with E-state index in [1.165, 1.54) is 41.7 Å². The fraction of sp³-hybridized carbons (Fsp3) is 0.278. The molecule has 0 unspecified atom stereocenters. The van der Waals surface area contributed by atoms with Gasteiger partial charge in [0.2, 0.25) is 5.91 Å². The topological polar surface area (TPSA) is 173 Å². The van der Waals surface area contributed by atoms with Crippen LogP contribution >= 0.6 is 0 Å². The first kappa shape index (κ1) is 53.5. The van der Waals surface area contributed by atoms with Crippen molar-refractivity contribution in [1.29, 1.82) is 0 Å². The van der Waals surface area contributed by atoms with E-state index in [0.717, 1.165) is 41.0 Å². The second kappa shape index (κ2) is 25.4. The van der Waals surface area contributed by atoms with Crippen LogP contribution in [-0.4, -0.2) is 77.4 Å². The molecule has 1 fully saturated rings. The molecule has 2 aromatic heterocycles. The molecule has 1 saturated heterocycles. The lowest BCUT2D eigenvalue weighted by Crippen LogP contribution is -2.40. The summed E-state index contributed by atoms with van der Waals surface area (Å²) < 4.78 is 113. The third kappa shape index (κ3) is 15.6. The highest BCUT2D eigenvalue weighted by Crippen LogP contribution is 2.34. The van der Waals surface area contributed by atoms with Crippen LogP contribution in [0.5, 0.6) is 23.0 Å². The number of hydrogen-bond acceptors (Lipinski definition) is 12. The molecule has 388 valence electrons. The van der Waals surface area contributed by atoms with Crippen molar-refractivity contribution in [3.8, 4) is 23.0 Å². The van der Waals surface area contributed by atoms with Gasteiger partial charge in [-0.2, -0.15) is 26.3 Å². The number of nitrogens with zero attached hydrogens (tertiary/aromatic N) is 3. The van der Waals surface area contributed by atoms with Gasteiger partial charge >= 0.3 is 24.4 Å². The molecule has 14 nitrogen and oxygen atoms in total. The summed E-state index contributed by atoms with van der Waals surface area (Å²) in [6, 6.07) is 35.8. The van der Waals surface area contributed by atoms with Crippen molar-refractivity contribution in [2.75, 3.05) is 33.0 Å². The van der Waals surface area contributed by atoms with E-state index >= 15 is 0 Å². The average Bonchev–Trinajstić information content (AvgIpc) is 4.20. The monoisotopic (exact) mass is 1030 g/mol. The summed E-state index contributed by atoms with van der Waals surface area (Å²) in [5.41, 5.74) is 2.19. The van der Waals surface area contributed by atoms with E-state index in [0.29, 0.717) is 66.9 Å². The van der Waals surface area contributed by atoms with Crippen molar-refractivity contribution in [3.63, 3.8) is 0 Å². The van der Waals surface area contributed by atoms with Crippen LogP contribution in [0.3, 0.4) is 0 Å². The predicted octanol–water partition coefficient (Wildman–Crippen LogP) is 11.8. The number of carbonyl (C=O) groups is 3. The largest absolute Gasteiger partial charge is 0.493 e. The summed E-state index contributed by atoms with van der Waals surface area (Å²) in [6.07, 6.45) is -5.19. The predicted molar refractivity (Wildman–Crippen MR) is 253 cm³/mol. The van der Waals surface area contributed by atoms with Gasteiger partial charge in [0.05, 0.1) is 61.4 Å². The summed E-state index contributed by atoms with van der Waals surface area (Å²) in [5, 5.41) is 17.0. The molecule has 20 heteroatoms. The Morgan fingerprint density at radius 2 is 0.986 bits per heavy atom. The molecule has 8 rings (SSSR count). The first-order chi connectivity index (χ1) is 35.6. The second-order valence-corrected chi connectivity index (χ2v) is 16.7. The lowest BCUT2D eigenvalue weighted by molar-refractivity contribution is -0.138. The van der Waals surface area contributed by atoms with Crippen LogP contribution in [0.1, 0.15) is 76.7 Å². The SMILES string of the molecule is O=C(C[C@@H](c1ccc(OCCCOc2ccc(C(F)(F)F)cc2)cc1)c1ccon1)N1C(=O)OC[C@@H]1Cc1ccccc1.O=C(O)C[C@@H](c1ccc(OCCCOc2ccc(C(F)(F)F)cc2)cc1)c1ccon1. The Hall–Kier alpha value is -8.29. The molecular weight excluding hydrogens is 981 g/mol. The Labute approximate surface area is 420 Å². The fourth-order valence-electron chi connectivity index (χ4n) is 7.79. The van der Waals surface area contributed by atoms with E-state index in [9.17, 15) is 40.7 Å². The molecular formula is C54H49F6N3O11. The molecule has 1 aliphatic rings. The molecule has 74 heavy (non-hydrogen) atoms. The van der Waals surface area contributed by atoms with Crippen molar-refractivity contribution in [3.05, 3.63) is 191 Å². The molecule has 0 radical (unpaired) electrons. The van der Waals surface area contributed by atoms with Crippen LogP contribution in [0.25, 0.3) is 0 Å². The number of aromatic nitrogens is 2. The van der Waals surface area contributed by atoms with E-state index in [4.69, 9.17) is 37.8 Å². The van der Waals surface area contributed by atoms with Crippen molar-refractivity contribution >= 4 is 18.0 Å². The Bertz CT molecular complexity index is 2810. The van der Waals surface area contributed by atoms with Crippen LogP contribution < -0.4 is 18.9 Å². The number of aliphatic carboxylic acids is 1. The van der Waals surface area contributed by atoms with Gasteiger partial charge in [-0.25, -0.2) is 9.69 Å². The Kier molecular flexibility index (Phi) is 18.4. The summed E-state index contributed by atoms with van der Waals surface area (Å²) >= 11 is 0. The molecule has 0 saturated carbocycles. The maximum Gasteiger partial charge on any atom is 0.416 e. The van der Waals surface area contributed by atoms with Crippen molar-refractivity contribution in [1.82, 2.24) is 15.2 Å². The van der Waals surface area contributed by atoms with Gasteiger partial charge in [-0.3, -0.25) is 9.59 Å². The number of alkyl halides is 6. The number of amides is 2. The maximum atomic E-state index is 13.4. The minimum Gasteiger partial charge on any atom is -0.493 e. The highest BCUT2D eigenvalue weighted by molar-refractivity contribution is 5.94. The van der Waals surface area contributed by atoms with Gasteiger partial charge in [0.1, 0.15) is 42.1 Å². The van der Waals surface area contributed by atoms with Gasteiger partial charge in [0, 0.05) is 43.2 Å². The Morgan fingerprint density at radius 3 is 1.36 bits per heavy atom. The molecule has 0 bridgehead atoms. The molecule has 0 spiro atoms. The molecule has 3 atom stereocenters. The molecule has 3 heterocycles. The second-order valence-electron chi connectivity index (χ2n) is 16.7. The summed E-state index contributed by atoms with van der Waals surface area (Å²) in [5.74, 6) is -0.312. The van der Waals surface area contributed by atoms with Crippen molar-refractivity contribution in [2.24, 2.45) is 0 Å². The van der Waals surface area contributed by atoms with E-state index in [-0.39, 0.29) is 38.6 Å². The smallest absolute Gasteiger partial charge is 0.416 e. The normalized spacial score (nSPS) is 14.3. The highest BCUT2D eigenvalue weighted by Gasteiger charge is 2.39. The number of halogens is 6. The molecule has 1 aliphatic heterocycles. The Morgan fingerprint density at radius 1 is 0.581 bits per heavy atom. The molecule has 5 aromatic carbocycles. The number of cyclic esters (lactones) is 1. The van der Waals surface area contributed by atoms with E-state index in [1.54, 1.807) is 48.5 Å². The number of imide groups is 1. The van der Waals surface area contributed by atoms with Gasteiger partial charge in [-0.05, 0) is 95.9 Å². The number of rotatable bonds is 22. The lowest BCUT2D eigenvalue weighted by atomic mass is 9.91. The first-order valence-electron chi connectivity index (χ1n) is 23.2. The zero-order chi connectivity index (χ0) is 52.5. The fourth-order valence-corrected chi connectivity index (χ4v) is 7.79. The molecule has 2 amide bonds. The molecule has 0 aliphatic carbocycles. The van der Waals surface area contributed by atoms with E-state index in [2.05, 4.69) is 10.3 Å². The average molecular weight is 1030 g/mol. The number of carboxylic acids is 1. The molecule has 7 aromatic rings. The third-order valence-corrected chi connectivity index (χ3v) is 11.5. The lowest BCUT2D eigenvalue weighted by Gasteiger charge is -2.22. The maximum absolute atomic E-state index is 13.4. The minimum atomic E-state index is -4.39. The highest BCUT2D eigenvalue weighted by atomic mass is 19.4. The third-order valence-electron chi connectivity index (χ3n) is 11.5.